The van der Waals surface area contributed by atoms with Crippen LogP contribution in [-0.2, 0) is 6.42 Å². The lowest BCUT2D eigenvalue weighted by molar-refractivity contribution is 0.799. The van der Waals surface area contributed by atoms with Crippen molar-refractivity contribution in [1.29, 1.82) is 0 Å². The molecule has 0 unspecified atom stereocenters. The van der Waals surface area contributed by atoms with Crippen LogP contribution < -0.4 is 5.73 Å². The van der Waals surface area contributed by atoms with Gasteiger partial charge in [-0.3, -0.25) is 0 Å². The van der Waals surface area contributed by atoms with Crippen LogP contribution in [0.2, 0.25) is 0 Å². The average Bonchev–Trinajstić information content (AvgIpc) is 2.59. The molecule has 0 spiro atoms. The number of H-pyrrole nitrogens is 1. The lowest BCUT2D eigenvalue weighted by atomic mass is 10.1. The molecule has 0 saturated heterocycles. The zero-order valence-corrected chi connectivity index (χ0v) is 9.46. The molecule has 15 heavy (non-hydrogen) atoms. The van der Waals surface area contributed by atoms with Gasteiger partial charge in [0.2, 0.25) is 0 Å². The molecule has 2 rings (SSSR count). The highest BCUT2D eigenvalue weighted by Gasteiger charge is 2.08. The minimum absolute atomic E-state index is 0.420. The molecule has 0 atom stereocenters. The van der Waals surface area contributed by atoms with Crippen LogP contribution in [0, 0.1) is 0 Å². The standard InChI is InChI=1S/C12H17N3/c1-4-8-5-10-11(6-9(8)13)15-12(14-10)7(2)3/h5-7H,4,13H2,1-3H3,(H,14,15). The van der Waals surface area contributed by atoms with Gasteiger partial charge in [0.15, 0.2) is 0 Å². The Kier molecular flexibility index (Phi) is 2.39. The second-order valence-corrected chi connectivity index (χ2v) is 4.20. The molecule has 0 aliphatic rings. The molecule has 0 saturated carbocycles. The van der Waals surface area contributed by atoms with Crippen LogP contribution in [0.25, 0.3) is 11.0 Å². The number of rotatable bonds is 2. The van der Waals surface area contributed by atoms with Crippen molar-refractivity contribution >= 4 is 16.7 Å². The number of nitrogens with zero attached hydrogens (tertiary/aromatic N) is 1. The molecule has 1 aromatic carbocycles. The van der Waals surface area contributed by atoms with E-state index in [-0.39, 0.29) is 0 Å². The first-order chi connectivity index (χ1) is 7.11. The van der Waals surface area contributed by atoms with Gasteiger partial charge in [0.25, 0.3) is 0 Å². The predicted molar refractivity (Wildman–Crippen MR) is 64.0 cm³/mol. The van der Waals surface area contributed by atoms with E-state index in [0.29, 0.717) is 5.92 Å². The molecular weight excluding hydrogens is 186 g/mol. The van der Waals surface area contributed by atoms with Gasteiger partial charge >= 0.3 is 0 Å². The molecule has 0 amide bonds. The van der Waals surface area contributed by atoms with Crippen LogP contribution in [0.3, 0.4) is 0 Å². The third kappa shape index (κ3) is 1.69. The van der Waals surface area contributed by atoms with Crippen molar-refractivity contribution < 1.29 is 0 Å². The lowest BCUT2D eigenvalue weighted by Crippen LogP contribution is -1.92. The van der Waals surface area contributed by atoms with E-state index < -0.39 is 0 Å². The summed E-state index contributed by atoms with van der Waals surface area (Å²) >= 11 is 0. The fourth-order valence-electron chi connectivity index (χ4n) is 1.72. The Morgan fingerprint density at radius 3 is 2.73 bits per heavy atom. The number of nitrogen functional groups attached to an aromatic ring is 1. The molecule has 0 aliphatic carbocycles. The van der Waals surface area contributed by atoms with Crippen molar-refractivity contribution in [1.82, 2.24) is 9.97 Å². The fourth-order valence-corrected chi connectivity index (χ4v) is 1.72. The van der Waals surface area contributed by atoms with E-state index >= 15 is 0 Å². The molecule has 0 bridgehead atoms. The smallest absolute Gasteiger partial charge is 0.109 e. The van der Waals surface area contributed by atoms with E-state index in [1.165, 1.54) is 5.56 Å². The number of benzene rings is 1. The van der Waals surface area contributed by atoms with Gasteiger partial charge in [-0.25, -0.2) is 4.98 Å². The number of fused-ring (bicyclic) bond motifs is 1. The summed E-state index contributed by atoms with van der Waals surface area (Å²) in [7, 11) is 0. The summed E-state index contributed by atoms with van der Waals surface area (Å²) in [5.74, 6) is 1.45. The average molecular weight is 203 g/mol. The van der Waals surface area contributed by atoms with Crippen molar-refractivity contribution in [3.05, 3.63) is 23.5 Å². The normalized spacial score (nSPS) is 11.5. The van der Waals surface area contributed by atoms with Gasteiger partial charge < -0.3 is 10.7 Å². The van der Waals surface area contributed by atoms with Crippen molar-refractivity contribution in [3.8, 4) is 0 Å². The van der Waals surface area contributed by atoms with Gasteiger partial charge in [0.05, 0.1) is 11.0 Å². The number of imidazole rings is 1. The molecule has 0 radical (unpaired) electrons. The maximum Gasteiger partial charge on any atom is 0.109 e. The first-order valence-electron chi connectivity index (χ1n) is 5.39. The molecular formula is C12H17N3. The molecule has 3 nitrogen and oxygen atoms in total. The summed E-state index contributed by atoms with van der Waals surface area (Å²) in [4.78, 5) is 7.84. The van der Waals surface area contributed by atoms with Crippen LogP contribution in [-0.4, -0.2) is 9.97 Å². The van der Waals surface area contributed by atoms with E-state index in [1.54, 1.807) is 0 Å². The first-order valence-corrected chi connectivity index (χ1v) is 5.39. The quantitative estimate of drug-likeness (QED) is 0.737. The largest absolute Gasteiger partial charge is 0.398 e. The van der Waals surface area contributed by atoms with Crippen LogP contribution in [0.4, 0.5) is 5.69 Å². The summed E-state index contributed by atoms with van der Waals surface area (Å²) in [6.45, 7) is 6.36. The van der Waals surface area contributed by atoms with E-state index in [1.807, 2.05) is 6.07 Å². The molecule has 0 aliphatic heterocycles. The lowest BCUT2D eigenvalue weighted by Gasteiger charge is -2.01. The van der Waals surface area contributed by atoms with E-state index in [0.717, 1.165) is 29.0 Å². The maximum absolute atomic E-state index is 5.93. The number of nitrogens with two attached hydrogens (primary N) is 1. The number of nitrogens with one attached hydrogen (secondary N) is 1. The van der Waals surface area contributed by atoms with Gasteiger partial charge in [-0.1, -0.05) is 20.8 Å². The van der Waals surface area contributed by atoms with Crippen molar-refractivity contribution in [3.63, 3.8) is 0 Å². The summed E-state index contributed by atoms with van der Waals surface area (Å²) in [5, 5.41) is 0. The zero-order chi connectivity index (χ0) is 11.0. The summed E-state index contributed by atoms with van der Waals surface area (Å²) in [5.41, 5.74) is 10.0. The molecule has 1 aromatic heterocycles. The molecule has 1 heterocycles. The minimum atomic E-state index is 0.420. The third-order valence-corrected chi connectivity index (χ3v) is 2.69. The van der Waals surface area contributed by atoms with Gasteiger partial charge in [-0.2, -0.15) is 0 Å². The highest BCUT2D eigenvalue weighted by atomic mass is 14.9. The zero-order valence-electron chi connectivity index (χ0n) is 9.46. The highest BCUT2D eigenvalue weighted by molar-refractivity contribution is 5.80. The Bertz CT molecular complexity index is 483. The summed E-state index contributed by atoms with van der Waals surface area (Å²) < 4.78 is 0. The van der Waals surface area contributed by atoms with Gasteiger partial charge in [0.1, 0.15) is 5.82 Å². The Labute approximate surface area is 89.7 Å². The Morgan fingerprint density at radius 1 is 1.40 bits per heavy atom. The monoisotopic (exact) mass is 203 g/mol. The third-order valence-electron chi connectivity index (χ3n) is 2.69. The van der Waals surface area contributed by atoms with Crippen LogP contribution in [0.15, 0.2) is 12.1 Å². The highest BCUT2D eigenvalue weighted by Crippen LogP contribution is 2.22. The van der Waals surface area contributed by atoms with Gasteiger partial charge in [-0.15, -0.1) is 0 Å². The number of aryl methyl sites for hydroxylation is 1. The Morgan fingerprint density at radius 2 is 2.13 bits per heavy atom. The van der Waals surface area contributed by atoms with E-state index in [2.05, 4.69) is 36.8 Å². The Hall–Kier alpha value is -1.51. The number of aromatic amines is 1. The summed E-state index contributed by atoms with van der Waals surface area (Å²) in [6, 6.07) is 4.06. The van der Waals surface area contributed by atoms with Crippen LogP contribution in [0.5, 0.6) is 0 Å². The second kappa shape index (κ2) is 3.57. The maximum atomic E-state index is 5.93. The minimum Gasteiger partial charge on any atom is -0.398 e. The number of hydrogen-bond acceptors (Lipinski definition) is 2. The van der Waals surface area contributed by atoms with Crippen LogP contribution >= 0.6 is 0 Å². The van der Waals surface area contributed by atoms with Gasteiger partial charge in [-0.05, 0) is 24.1 Å². The number of aromatic nitrogens is 2. The number of anilines is 1. The SMILES string of the molecule is CCc1cc2[nH]c(C(C)C)nc2cc1N. The van der Waals surface area contributed by atoms with Crippen molar-refractivity contribution in [2.45, 2.75) is 33.1 Å². The van der Waals surface area contributed by atoms with Crippen LogP contribution in [0.1, 0.15) is 38.1 Å². The number of hydrogen-bond donors (Lipinski definition) is 2. The Balaban J connectivity index is 2.61. The molecule has 0 fully saturated rings. The first kappa shape index (κ1) is 10.0. The molecule has 3 N–H and O–H groups in total. The van der Waals surface area contributed by atoms with Gasteiger partial charge in [0, 0.05) is 11.6 Å². The van der Waals surface area contributed by atoms with E-state index in [9.17, 15) is 0 Å². The predicted octanol–water partition coefficient (Wildman–Crippen LogP) is 2.83. The second-order valence-electron chi connectivity index (χ2n) is 4.20. The summed E-state index contributed by atoms with van der Waals surface area (Å²) in [6.07, 6.45) is 0.956. The molecule has 80 valence electrons. The van der Waals surface area contributed by atoms with Crippen molar-refractivity contribution in [2.24, 2.45) is 0 Å². The molecule has 2 aromatic rings. The topological polar surface area (TPSA) is 54.7 Å². The van der Waals surface area contributed by atoms with E-state index in [4.69, 9.17) is 5.73 Å². The molecule has 3 heteroatoms. The van der Waals surface area contributed by atoms with Crippen molar-refractivity contribution in [2.75, 3.05) is 5.73 Å². The fraction of sp³-hybridized carbons (Fsp3) is 0.417.